The largest absolute Gasteiger partial charge is 0.309 e. The van der Waals surface area contributed by atoms with Crippen LogP contribution in [0.3, 0.4) is 0 Å². The quantitative estimate of drug-likeness (QED) is 0.190. The number of thiophene rings is 1. The molecule has 10 rings (SSSR count). The summed E-state index contributed by atoms with van der Waals surface area (Å²) in [4.78, 5) is 0. The van der Waals surface area contributed by atoms with E-state index in [9.17, 15) is 0 Å². The van der Waals surface area contributed by atoms with Crippen LogP contribution < -0.4 is 0 Å². The molecule has 3 aromatic heterocycles. The van der Waals surface area contributed by atoms with Crippen LogP contribution in [-0.2, 0) is 0 Å². The first-order valence-corrected chi connectivity index (χ1v) is 16.6. The molecule has 0 spiro atoms. The van der Waals surface area contributed by atoms with Crippen LogP contribution in [0, 0.1) is 6.92 Å². The minimum absolute atomic E-state index is 1.18. The van der Waals surface area contributed by atoms with Crippen LogP contribution >= 0.6 is 11.3 Å². The van der Waals surface area contributed by atoms with Crippen LogP contribution in [0.25, 0.3) is 86.3 Å². The van der Waals surface area contributed by atoms with Gasteiger partial charge in [-0.2, -0.15) is 0 Å². The lowest BCUT2D eigenvalue weighted by molar-refractivity contribution is 1.18. The van der Waals surface area contributed by atoms with Gasteiger partial charge in [0.2, 0.25) is 0 Å². The van der Waals surface area contributed by atoms with Crippen LogP contribution in [0.4, 0.5) is 0 Å². The molecule has 0 atom stereocenters. The monoisotopic (exact) mass is 604 g/mol. The van der Waals surface area contributed by atoms with Gasteiger partial charge in [-0.1, -0.05) is 84.9 Å². The van der Waals surface area contributed by atoms with Gasteiger partial charge < -0.3 is 9.13 Å². The number of nitrogens with zero attached hydrogens (tertiary/aromatic N) is 2. The summed E-state index contributed by atoms with van der Waals surface area (Å²) in [6, 6.07) is 55.9. The Bertz CT molecular complexity index is 2770. The third-order valence-electron chi connectivity index (χ3n) is 9.56. The molecule has 216 valence electrons. The third kappa shape index (κ3) is 3.70. The van der Waals surface area contributed by atoms with Gasteiger partial charge in [0.15, 0.2) is 0 Å². The van der Waals surface area contributed by atoms with Gasteiger partial charge in [0.1, 0.15) is 0 Å². The van der Waals surface area contributed by atoms with Crippen molar-refractivity contribution in [3.05, 3.63) is 157 Å². The molecule has 0 fully saturated rings. The van der Waals surface area contributed by atoms with Gasteiger partial charge >= 0.3 is 0 Å². The number of hydrogen-bond donors (Lipinski definition) is 0. The van der Waals surface area contributed by atoms with Crippen molar-refractivity contribution in [2.24, 2.45) is 0 Å². The molecule has 46 heavy (non-hydrogen) atoms. The highest BCUT2D eigenvalue weighted by Gasteiger charge is 2.15. The van der Waals surface area contributed by atoms with Crippen molar-refractivity contribution < 1.29 is 0 Å². The van der Waals surface area contributed by atoms with Gasteiger partial charge in [-0.25, -0.2) is 0 Å². The zero-order valence-corrected chi connectivity index (χ0v) is 26.1. The highest BCUT2D eigenvalue weighted by atomic mass is 32.1. The topological polar surface area (TPSA) is 9.86 Å². The molecule has 0 radical (unpaired) electrons. The maximum Gasteiger partial charge on any atom is 0.0543 e. The fourth-order valence-corrected chi connectivity index (χ4v) is 8.53. The SMILES string of the molecule is Cc1ccc2c3ccccc3n(-c3cccc(-c4ccc5sc6ccc(-n7c8ccccc8c8ccccc87)cc6c5c4)c3)c2c1. The van der Waals surface area contributed by atoms with E-state index in [4.69, 9.17) is 0 Å². The van der Waals surface area contributed by atoms with Gasteiger partial charge in [0.05, 0.1) is 22.1 Å². The Morgan fingerprint density at radius 1 is 0.370 bits per heavy atom. The molecule has 0 saturated heterocycles. The van der Waals surface area contributed by atoms with Crippen molar-refractivity contribution in [3.8, 4) is 22.5 Å². The lowest BCUT2D eigenvalue weighted by Crippen LogP contribution is -1.94. The molecule has 0 aliphatic rings. The average molecular weight is 605 g/mol. The predicted molar refractivity (Wildman–Crippen MR) is 198 cm³/mol. The summed E-state index contributed by atoms with van der Waals surface area (Å²) in [6.07, 6.45) is 0. The molecule has 0 saturated carbocycles. The Kier molecular flexibility index (Phi) is 5.40. The van der Waals surface area contributed by atoms with E-state index in [0.717, 1.165) is 0 Å². The molecule has 0 amide bonds. The van der Waals surface area contributed by atoms with Gasteiger partial charge in [-0.15, -0.1) is 11.3 Å². The van der Waals surface area contributed by atoms with Gasteiger partial charge in [-0.05, 0) is 90.3 Å². The van der Waals surface area contributed by atoms with Crippen molar-refractivity contribution in [2.75, 3.05) is 0 Å². The molecule has 0 bridgehead atoms. The normalized spacial score (nSPS) is 12.0. The Morgan fingerprint density at radius 3 is 1.61 bits per heavy atom. The number of fused-ring (bicyclic) bond motifs is 9. The number of aromatic nitrogens is 2. The Balaban J connectivity index is 1.15. The lowest BCUT2D eigenvalue weighted by atomic mass is 10.0. The number of hydrogen-bond acceptors (Lipinski definition) is 1. The van der Waals surface area contributed by atoms with Crippen molar-refractivity contribution >= 4 is 75.1 Å². The number of aryl methyl sites for hydroxylation is 1. The molecule has 0 unspecified atom stereocenters. The molecular weight excluding hydrogens is 577 g/mol. The highest BCUT2D eigenvalue weighted by molar-refractivity contribution is 7.25. The van der Waals surface area contributed by atoms with Crippen molar-refractivity contribution in [3.63, 3.8) is 0 Å². The van der Waals surface area contributed by atoms with Crippen molar-refractivity contribution in [1.29, 1.82) is 0 Å². The van der Waals surface area contributed by atoms with E-state index >= 15 is 0 Å². The van der Waals surface area contributed by atoms with E-state index in [1.54, 1.807) is 0 Å². The summed E-state index contributed by atoms with van der Waals surface area (Å²) in [5.41, 5.74) is 11.0. The van der Waals surface area contributed by atoms with E-state index in [-0.39, 0.29) is 0 Å². The van der Waals surface area contributed by atoms with E-state index in [2.05, 4.69) is 168 Å². The smallest absolute Gasteiger partial charge is 0.0543 e. The molecular formula is C43H28N2S. The zero-order chi connectivity index (χ0) is 30.4. The first-order valence-electron chi connectivity index (χ1n) is 15.8. The van der Waals surface area contributed by atoms with Crippen LogP contribution in [0.2, 0.25) is 0 Å². The second kappa shape index (κ2) is 9.68. The molecule has 3 heterocycles. The zero-order valence-electron chi connectivity index (χ0n) is 25.2. The van der Waals surface area contributed by atoms with E-state index < -0.39 is 0 Å². The average Bonchev–Trinajstić information content (AvgIpc) is 3.75. The lowest BCUT2D eigenvalue weighted by Gasteiger charge is -2.11. The van der Waals surface area contributed by atoms with Gasteiger partial charge in [0.25, 0.3) is 0 Å². The fourth-order valence-electron chi connectivity index (χ4n) is 7.47. The standard InChI is InChI=1S/C43H28N2S/c1-27-17-20-35-34-13-4-7-16-40(34)45(41(35)23-27)30-10-8-9-28(24-30)29-18-21-42-36(25-29)37-26-31(19-22-43(37)46-42)44-38-14-5-2-11-32(38)33-12-3-6-15-39(33)44/h2-26H,1H3. The van der Waals surface area contributed by atoms with Crippen LogP contribution in [0.5, 0.6) is 0 Å². The molecule has 10 aromatic rings. The molecule has 0 aliphatic carbocycles. The Hall–Kier alpha value is -5.64. The number of benzene rings is 7. The summed E-state index contributed by atoms with van der Waals surface area (Å²) < 4.78 is 7.45. The van der Waals surface area contributed by atoms with Crippen LogP contribution in [0.1, 0.15) is 5.56 Å². The number of para-hydroxylation sites is 3. The second-order valence-electron chi connectivity index (χ2n) is 12.3. The molecule has 0 aliphatic heterocycles. The van der Waals surface area contributed by atoms with Gasteiger partial charge in [-0.3, -0.25) is 0 Å². The minimum atomic E-state index is 1.18. The van der Waals surface area contributed by atoms with E-state index in [1.807, 2.05) is 11.3 Å². The van der Waals surface area contributed by atoms with Crippen molar-refractivity contribution in [2.45, 2.75) is 6.92 Å². The summed E-state index contributed by atoms with van der Waals surface area (Å²) in [5, 5.41) is 7.75. The molecule has 0 N–H and O–H groups in total. The van der Waals surface area contributed by atoms with Gasteiger partial charge in [0, 0.05) is 53.1 Å². The summed E-state index contributed by atoms with van der Waals surface area (Å²) in [6.45, 7) is 2.17. The maximum absolute atomic E-state index is 2.41. The molecule has 7 aromatic carbocycles. The third-order valence-corrected chi connectivity index (χ3v) is 10.7. The Labute approximate surface area is 270 Å². The number of rotatable bonds is 3. The van der Waals surface area contributed by atoms with Crippen LogP contribution in [-0.4, -0.2) is 9.13 Å². The minimum Gasteiger partial charge on any atom is -0.309 e. The summed E-state index contributed by atoms with van der Waals surface area (Å²) in [5.74, 6) is 0. The second-order valence-corrected chi connectivity index (χ2v) is 13.4. The van der Waals surface area contributed by atoms with E-state index in [0.29, 0.717) is 0 Å². The van der Waals surface area contributed by atoms with Crippen LogP contribution in [0.15, 0.2) is 152 Å². The first kappa shape index (κ1) is 25.7. The molecule has 2 nitrogen and oxygen atoms in total. The van der Waals surface area contributed by atoms with Crippen molar-refractivity contribution in [1.82, 2.24) is 9.13 Å². The highest BCUT2D eigenvalue weighted by Crippen LogP contribution is 2.40. The summed E-state index contributed by atoms with van der Waals surface area (Å²) >= 11 is 1.87. The van der Waals surface area contributed by atoms with E-state index in [1.165, 1.54) is 91.8 Å². The Morgan fingerprint density at radius 2 is 0.913 bits per heavy atom. The first-order chi connectivity index (χ1) is 22.7. The fraction of sp³-hybridized carbons (Fsp3) is 0.0233. The summed E-state index contributed by atoms with van der Waals surface area (Å²) in [7, 11) is 0. The predicted octanol–water partition coefficient (Wildman–Crippen LogP) is 12.2. The maximum atomic E-state index is 2.41. The molecule has 3 heteroatoms.